The topological polar surface area (TPSA) is 29.5 Å². The Morgan fingerprint density at radius 2 is 2.05 bits per heavy atom. The summed E-state index contributed by atoms with van der Waals surface area (Å²) in [6.07, 6.45) is 1.92. The summed E-state index contributed by atoms with van der Waals surface area (Å²) in [6.45, 7) is 1.98. The molecule has 0 aromatic heterocycles. The van der Waals surface area contributed by atoms with Gasteiger partial charge in [-0.05, 0) is 31.0 Å². The quantitative estimate of drug-likeness (QED) is 0.740. The molecule has 0 spiro atoms. The molecule has 1 amide bonds. The molecule has 1 aliphatic rings. The van der Waals surface area contributed by atoms with E-state index in [9.17, 15) is 4.79 Å². The predicted molar refractivity (Wildman–Crippen MR) is 84.7 cm³/mol. The number of hydrogen-bond donors (Lipinski definition) is 0. The van der Waals surface area contributed by atoms with E-state index in [4.69, 9.17) is 27.9 Å². The van der Waals surface area contributed by atoms with Crippen molar-refractivity contribution in [3.05, 3.63) is 33.3 Å². The van der Waals surface area contributed by atoms with Crippen molar-refractivity contribution in [1.82, 2.24) is 4.90 Å². The molecule has 0 saturated carbocycles. The first kappa shape index (κ1) is 16.1. The van der Waals surface area contributed by atoms with Gasteiger partial charge < -0.3 is 9.64 Å². The van der Waals surface area contributed by atoms with Gasteiger partial charge in [-0.25, -0.2) is 0 Å². The minimum absolute atomic E-state index is 0.0176. The maximum absolute atomic E-state index is 12.4. The third-order valence-electron chi connectivity index (χ3n) is 3.27. The molecule has 0 N–H and O–H groups in total. The first-order valence-electron chi connectivity index (χ1n) is 6.53. The molecule has 1 aliphatic heterocycles. The van der Waals surface area contributed by atoms with Gasteiger partial charge in [-0.1, -0.05) is 27.5 Å². The molecule has 1 aromatic rings. The molecule has 110 valence electrons. The van der Waals surface area contributed by atoms with Gasteiger partial charge >= 0.3 is 0 Å². The first-order valence-corrected chi connectivity index (χ1v) is 8.23. The molecule has 3 nitrogen and oxygen atoms in total. The number of alkyl halides is 1. The van der Waals surface area contributed by atoms with Crippen LogP contribution >= 0.6 is 39.1 Å². The van der Waals surface area contributed by atoms with E-state index in [1.165, 1.54) is 0 Å². The van der Waals surface area contributed by atoms with E-state index < -0.39 is 0 Å². The van der Waals surface area contributed by atoms with Crippen LogP contribution in [-0.2, 0) is 4.74 Å². The molecule has 0 atom stereocenters. The molecule has 0 unspecified atom stereocenters. The summed E-state index contributed by atoms with van der Waals surface area (Å²) >= 11 is 14.9. The standard InChI is InChI=1S/C14H16BrCl2NO2/c15-11-7-10(8-12(17)9-11)14(19)18-4-1-13(2-5-18)20-6-3-16/h7-9,13H,1-6H2. The van der Waals surface area contributed by atoms with E-state index in [2.05, 4.69) is 15.9 Å². The molecule has 6 heteroatoms. The van der Waals surface area contributed by atoms with Gasteiger partial charge in [0.25, 0.3) is 5.91 Å². The summed E-state index contributed by atoms with van der Waals surface area (Å²) in [7, 11) is 0. The van der Waals surface area contributed by atoms with Gasteiger partial charge in [-0.15, -0.1) is 11.6 Å². The number of rotatable bonds is 4. The van der Waals surface area contributed by atoms with Crippen LogP contribution in [0.15, 0.2) is 22.7 Å². The average molecular weight is 381 g/mol. The second-order valence-corrected chi connectivity index (χ2v) is 6.44. The smallest absolute Gasteiger partial charge is 0.253 e. The van der Waals surface area contributed by atoms with Gasteiger partial charge in [0.05, 0.1) is 12.7 Å². The minimum atomic E-state index is 0.0176. The second kappa shape index (κ2) is 7.64. The van der Waals surface area contributed by atoms with Gasteiger partial charge in [-0.3, -0.25) is 4.79 Å². The first-order chi connectivity index (χ1) is 9.60. The van der Waals surface area contributed by atoms with E-state index in [0.717, 1.165) is 17.3 Å². The number of hydrogen-bond acceptors (Lipinski definition) is 2. The number of carbonyl (C=O) groups excluding carboxylic acids is 1. The van der Waals surface area contributed by atoms with Crippen LogP contribution in [0, 0.1) is 0 Å². The number of nitrogens with zero attached hydrogens (tertiary/aromatic N) is 1. The lowest BCUT2D eigenvalue weighted by Gasteiger charge is -2.32. The lowest BCUT2D eigenvalue weighted by Crippen LogP contribution is -2.41. The minimum Gasteiger partial charge on any atom is -0.377 e. The Labute approximate surface area is 137 Å². The van der Waals surface area contributed by atoms with Crippen molar-refractivity contribution >= 4 is 45.0 Å². The SMILES string of the molecule is O=C(c1cc(Cl)cc(Br)c1)N1CCC(OCCCl)CC1. The van der Waals surface area contributed by atoms with Gasteiger partial charge in [-0.2, -0.15) is 0 Å². The lowest BCUT2D eigenvalue weighted by molar-refractivity contribution is 0.0154. The van der Waals surface area contributed by atoms with Crippen molar-refractivity contribution in [2.45, 2.75) is 18.9 Å². The lowest BCUT2D eigenvalue weighted by atomic mass is 10.1. The Morgan fingerprint density at radius 3 is 2.65 bits per heavy atom. The van der Waals surface area contributed by atoms with Crippen LogP contribution < -0.4 is 0 Å². The monoisotopic (exact) mass is 379 g/mol. The number of ether oxygens (including phenoxy) is 1. The Balaban J connectivity index is 1.94. The Morgan fingerprint density at radius 1 is 1.35 bits per heavy atom. The van der Waals surface area contributed by atoms with Crippen LogP contribution in [0.1, 0.15) is 23.2 Å². The van der Waals surface area contributed by atoms with Gasteiger partial charge in [0.1, 0.15) is 0 Å². The Kier molecular flexibility index (Phi) is 6.15. The second-order valence-electron chi connectivity index (χ2n) is 4.71. The van der Waals surface area contributed by atoms with Crippen molar-refractivity contribution in [3.8, 4) is 0 Å². The summed E-state index contributed by atoms with van der Waals surface area (Å²) < 4.78 is 6.42. The molecular weight excluding hydrogens is 365 g/mol. The van der Waals surface area contributed by atoms with Crippen LogP contribution in [-0.4, -0.2) is 42.5 Å². The van der Waals surface area contributed by atoms with Gasteiger partial charge in [0.15, 0.2) is 0 Å². The fourth-order valence-corrected chi connectivity index (χ4v) is 3.25. The number of piperidine rings is 1. The highest BCUT2D eigenvalue weighted by Gasteiger charge is 2.24. The van der Waals surface area contributed by atoms with Crippen LogP contribution in [0.4, 0.5) is 0 Å². The van der Waals surface area contributed by atoms with Crippen molar-refractivity contribution in [2.24, 2.45) is 0 Å². The van der Waals surface area contributed by atoms with Crippen LogP contribution in [0.3, 0.4) is 0 Å². The molecule has 0 aliphatic carbocycles. The normalized spacial score (nSPS) is 16.4. The van der Waals surface area contributed by atoms with E-state index >= 15 is 0 Å². The molecule has 1 saturated heterocycles. The third-order valence-corrected chi connectivity index (χ3v) is 4.10. The zero-order valence-corrected chi connectivity index (χ0v) is 14.0. The Bertz CT molecular complexity index is 456. The van der Waals surface area contributed by atoms with E-state index in [1.807, 2.05) is 4.90 Å². The Hall–Kier alpha value is -0.290. The molecule has 0 radical (unpaired) electrons. The summed E-state index contributed by atoms with van der Waals surface area (Å²) in [4.78, 5) is 14.3. The fourth-order valence-electron chi connectivity index (χ4n) is 2.30. The summed E-state index contributed by atoms with van der Waals surface area (Å²) in [5.41, 5.74) is 0.615. The largest absolute Gasteiger partial charge is 0.377 e. The molecule has 1 aromatic carbocycles. The van der Waals surface area contributed by atoms with Crippen LogP contribution in [0.2, 0.25) is 5.02 Å². The fraction of sp³-hybridized carbons (Fsp3) is 0.500. The number of carbonyl (C=O) groups is 1. The van der Waals surface area contributed by atoms with E-state index in [-0.39, 0.29) is 12.0 Å². The van der Waals surface area contributed by atoms with Crippen molar-refractivity contribution in [1.29, 1.82) is 0 Å². The number of amides is 1. The van der Waals surface area contributed by atoms with Gasteiger partial charge in [0, 0.05) is 34.0 Å². The number of benzene rings is 1. The molecule has 2 rings (SSSR count). The van der Waals surface area contributed by atoms with Crippen LogP contribution in [0.25, 0.3) is 0 Å². The number of halogens is 3. The third kappa shape index (κ3) is 4.35. The highest BCUT2D eigenvalue weighted by molar-refractivity contribution is 9.10. The van der Waals surface area contributed by atoms with Gasteiger partial charge in [0.2, 0.25) is 0 Å². The average Bonchev–Trinajstić information content (AvgIpc) is 2.44. The predicted octanol–water partition coefficient (Wildman–Crippen LogP) is 3.96. The molecule has 20 heavy (non-hydrogen) atoms. The summed E-state index contributed by atoms with van der Waals surface area (Å²) in [6, 6.07) is 5.26. The maximum atomic E-state index is 12.4. The zero-order valence-electron chi connectivity index (χ0n) is 10.9. The maximum Gasteiger partial charge on any atom is 0.253 e. The summed E-state index contributed by atoms with van der Waals surface area (Å²) in [5.74, 6) is 0.527. The number of likely N-dealkylation sites (tertiary alicyclic amines) is 1. The van der Waals surface area contributed by atoms with E-state index in [0.29, 0.717) is 36.2 Å². The zero-order chi connectivity index (χ0) is 14.5. The molecule has 1 fully saturated rings. The van der Waals surface area contributed by atoms with Crippen molar-refractivity contribution in [3.63, 3.8) is 0 Å². The molecule has 1 heterocycles. The van der Waals surface area contributed by atoms with Crippen molar-refractivity contribution < 1.29 is 9.53 Å². The van der Waals surface area contributed by atoms with Crippen LogP contribution in [0.5, 0.6) is 0 Å². The van der Waals surface area contributed by atoms with E-state index in [1.54, 1.807) is 18.2 Å². The molecular formula is C14H16BrCl2NO2. The highest BCUT2D eigenvalue weighted by atomic mass is 79.9. The highest BCUT2D eigenvalue weighted by Crippen LogP contribution is 2.22. The van der Waals surface area contributed by atoms with Crippen molar-refractivity contribution in [2.75, 3.05) is 25.6 Å². The molecule has 0 bridgehead atoms. The summed E-state index contributed by atoms with van der Waals surface area (Å²) in [5, 5.41) is 0.558.